The van der Waals surface area contributed by atoms with Gasteiger partial charge in [0.05, 0.1) is 18.1 Å². The summed E-state index contributed by atoms with van der Waals surface area (Å²) in [6.07, 6.45) is 5.17. The normalized spacial score (nSPS) is 21.5. The molecule has 0 unspecified atom stereocenters. The highest BCUT2D eigenvalue weighted by molar-refractivity contribution is 6.33. The van der Waals surface area contributed by atoms with Crippen LogP contribution in [0.1, 0.15) is 25.3 Å². The number of likely N-dealkylation sites (tertiary alicyclic amines) is 2. The number of hydrogen-bond donors (Lipinski definition) is 0. The van der Waals surface area contributed by atoms with Crippen molar-refractivity contribution in [3.05, 3.63) is 46.2 Å². The number of aromatic nitrogens is 2. The quantitative estimate of drug-likeness (QED) is 0.715. The van der Waals surface area contributed by atoms with Gasteiger partial charge in [-0.05, 0) is 43.1 Å². The molecule has 3 heterocycles. The van der Waals surface area contributed by atoms with Gasteiger partial charge in [0.2, 0.25) is 5.91 Å². The third-order valence-electron chi connectivity index (χ3n) is 6.25. The van der Waals surface area contributed by atoms with Crippen LogP contribution in [0.5, 0.6) is 0 Å². The molecule has 1 atom stereocenters. The SMILES string of the molecule is CC(=O)N(C)c1cnn(C(=O)N2CC[C@]3(CCN(Cc4cc(Cl)ccc4Cl)C3)C2)c1. The fraction of sp³-hybridized carbons (Fsp3) is 0.476. The predicted molar refractivity (Wildman–Crippen MR) is 117 cm³/mol. The molecule has 2 aromatic rings. The standard InChI is InChI=1S/C21H25Cl2N5O2/c1-15(29)25(2)18-10-24-28(12-18)20(30)27-8-6-21(14-27)5-7-26(13-21)11-16-9-17(22)3-4-19(16)23/h3-4,9-10,12H,5-8,11,13-14H2,1-2H3/t21-/m0/s1. The Labute approximate surface area is 186 Å². The molecule has 2 aliphatic heterocycles. The van der Waals surface area contributed by atoms with Crippen molar-refractivity contribution in [2.75, 3.05) is 38.1 Å². The van der Waals surface area contributed by atoms with Crippen LogP contribution in [0.2, 0.25) is 10.0 Å². The van der Waals surface area contributed by atoms with Gasteiger partial charge in [0.25, 0.3) is 0 Å². The topological polar surface area (TPSA) is 61.7 Å². The summed E-state index contributed by atoms with van der Waals surface area (Å²) in [5.74, 6) is -0.104. The average Bonchev–Trinajstić information content (AvgIpc) is 3.44. The van der Waals surface area contributed by atoms with Gasteiger partial charge in [0.15, 0.2) is 0 Å². The Bertz CT molecular complexity index is 978. The number of nitrogens with zero attached hydrogens (tertiary/aromatic N) is 5. The van der Waals surface area contributed by atoms with Crippen molar-refractivity contribution in [3.8, 4) is 0 Å². The van der Waals surface area contributed by atoms with E-state index in [-0.39, 0.29) is 17.4 Å². The zero-order chi connectivity index (χ0) is 21.5. The van der Waals surface area contributed by atoms with Gasteiger partial charge in [-0.1, -0.05) is 23.2 Å². The van der Waals surface area contributed by atoms with Gasteiger partial charge in [-0.15, -0.1) is 0 Å². The minimum Gasteiger partial charge on any atom is -0.322 e. The molecule has 4 rings (SSSR count). The first-order chi connectivity index (χ1) is 14.3. The highest BCUT2D eigenvalue weighted by Gasteiger charge is 2.45. The van der Waals surface area contributed by atoms with Gasteiger partial charge < -0.3 is 9.80 Å². The summed E-state index contributed by atoms with van der Waals surface area (Å²) in [6.45, 7) is 5.56. The van der Waals surface area contributed by atoms with Crippen molar-refractivity contribution in [1.29, 1.82) is 0 Å². The third-order valence-corrected chi connectivity index (χ3v) is 6.86. The monoisotopic (exact) mass is 449 g/mol. The van der Waals surface area contributed by atoms with Crippen molar-refractivity contribution < 1.29 is 9.59 Å². The van der Waals surface area contributed by atoms with E-state index in [2.05, 4.69) is 10.00 Å². The Balaban J connectivity index is 1.39. The third kappa shape index (κ3) is 4.19. The van der Waals surface area contributed by atoms with E-state index in [1.165, 1.54) is 22.7 Å². The van der Waals surface area contributed by atoms with Gasteiger partial charge in [-0.25, -0.2) is 4.79 Å². The van der Waals surface area contributed by atoms with Crippen LogP contribution < -0.4 is 4.90 Å². The molecule has 9 heteroatoms. The van der Waals surface area contributed by atoms with Crippen LogP contribution in [0.15, 0.2) is 30.6 Å². The number of carbonyl (C=O) groups excluding carboxylic acids is 2. The van der Waals surface area contributed by atoms with E-state index < -0.39 is 0 Å². The van der Waals surface area contributed by atoms with E-state index in [9.17, 15) is 9.59 Å². The van der Waals surface area contributed by atoms with Crippen LogP contribution in [0.4, 0.5) is 10.5 Å². The van der Waals surface area contributed by atoms with E-state index in [1.54, 1.807) is 19.3 Å². The first-order valence-electron chi connectivity index (χ1n) is 10.0. The van der Waals surface area contributed by atoms with E-state index in [1.807, 2.05) is 17.0 Å². The number of hydrogen-bond acceptors (Lipinski definition) is 4. The Morgan fingerprint density at radius 3 is 2.73 bits per heavy atom. The molecule has 2 fully saturated rings. The lowest BCUT2D eigenvalue weighted by Gasteiger charge is -2.25. The summed E-state index contributed by atoms with van der Waals surface area (Å²) in [5, 5.41) is 5.58. The fourth-order valence-corrected chi connectivity index (χ4v) is 4.79. The molecule has 7 nitrogen and oxygen atoms in total. The summed E-state index contributed by atoms with van der Waals surface area (Å²) in [7, 11) is 1.66. The number of carbonyl (C=O) groups is 2. The molecule has 0 aliphatic carbocycles. The van der Waals surface area contributed by atoms with Gasteiger partial charge in [-0.2, -0.15) is 9.78 Å². The Hall–Kier alpha value is -2.09. The Morgan fingerprint density at radius 1 is 1.20 bits per heavy atom. The van der Waals surface area contributed by atoms with Gasteiger partial charge in [0, 0.05) is 55.6 Å². The maximum Gasteiger partial charge on any atom is 0.344 e. The summed E-state index contributed by atoms with van der Waals surface area (Å²) < 4.78 is 1.33. The van der Waals surface area contributed by atoms with Crippen LogP contribution in [-0.4, -0.2) is 64.7 Å². The van der Waals surface area contributed by atoms with E-state index in [4.69, 9.17) is 23.2 Å². The van der Waals surface area contributed by atoms with E-state index in [0.717, 1.165) is 43.1 Å². The van der Waals surface area contributed by atoms with Gasteiger partial charge in [-0.3, -0.25) is 9.69 Å². The Morgan fingerprint density at radius 2 is 1.97 bits per heavy atom. The molecule has 160 valence electrons. The second-order valence-corrected chi connectivity index (χ2v) is 9.22. The van der Waals surface area contributed by atoms with Crippen LogP contribution in [-0.2, 0) is 11.3 Å². The number of amides is 2. The highest BCUT2D eigenvalue weighted by Crippen LogP contribution is 2.40. The zero-order valence-corrected chi connectivity index (χ0v) is 18.7. The summed E-state index contributed by atoms with van der Waals surface area (Å²) in [6, 6.07) is 5.41. The summed E-state index contributed by atoms with van der Waals surface area (Å²) in [5.41, 5.74) is 1.74. The first-order valence-corrected chi connectivity index (χ1v) is 10.8. The predicted octanol–water partition coefficient (Wildman–Crippen LogP) is 3.74. The lowest BCUT2D eigenvalue weighted by molar-refractivity contribution is -0.116. The molecule has 1 aromatic carbocycles. The fourth-order valence-electron chi connectivity index (χ4n) is 4.42. The van der Waals surface area contributed by atoms with E-state index >= 15 is 0 Å². The smallest absolute Gasteiger partial charge is 0.322 e. The zero-order valence-electron chi connectivity index (χ0n) is 17.1. The number of rotatable bonds is 3. The van der Waals surface area contributed by atoms with Crippen LogP contribution in [0.3, 0.4) is 0 Å². The molecule has 0 radical (unpaired) electrons. The van der Waals surface area contributed by atoms with Crippen LogP contribution in [0, 0.1) is 5.41 Å². The minimum atomic E-state index is -0.147. The lowest BCUT2D eigenvalue weighted by atomic mass is 9.86. The minimum absolute atomic E-state index is 0.104. The van der Waals surface area contributed by atoms with Crippen LogP contribution >= 0.6 is 23.2 Å². The molecule has 2 aliphatic rings. The summed E-state index contributed by atoms with van der Waals surface area (Å²) in [4.78, 5) is 30.2. The molecule has 2 amide bonds. The average molecular weight is 450 g/mol. The molecular formula is C21H25Cl2N5O2. The lowest BCUT2D eigenvalue weighted by Crippen LogP contribution is -2.36. The number of benzene rings is 1. The molecule has 2 saturated heterocycles. The molecule has 1 spiro atoms. The van der Waals surface area contributed by atoms with Crippen molar-refractivity contribution in [2.45, 2.75) is 26.3 Å². The molecule has 1 aromatic heterocycles. The van der Waals surface area contributed by atoms with E-state index in [0.29, 0.717) is 23.8 Å². The van der Waals surface area contributed by atoms with Gasteiger partial charge >= 0.3 is 6.03 Å². The number of halogens is 2. The Kier molecular flexibility index (Phi) is 5.79. The number of anilines is 1. The summed E-state index contributed by atoms with van der Waals surface area (Å²) >= 11 is 12.5. The highest BCUT2D eigenvalue weighted by atomic mass is 35.5. The van der Waals surface area contributed by atoms with Crippen molar-refractivity contribution in [1.82, 2.24) is 19.6 Å². The first kappa shape index (κ1) is 21.2. The maximum absolute atomic E-state index is 12.9. The van der Waals surface area contributed by atoms with Crippen molar-refractivity contribution in [3.63, 3.8) is 0 Å². The molecule has 0 bridgehead atoms. The molecule has 30 heavy (non-hydrogen) atoms. The molecule has 0 saturated carbocycles. The van der Waals surface area contributed by atoms with Gasteiger partial charge in [0.1, 0.15) is 0 Å². The molecular weight excluding hydrogens is 425 g/mol. The second kappa shape index (κ2) is 8.21. The molecule has 0 N–H and O–H groups in total. The van der Waals surface area contributed by atoms with Crippen molar-refractivity contribution in [2.24, 2.45) is 5.41 Å². The maximum atomic E-state index is 12.9. The van der Waals surface area contributed by atoms with Crippen molar-refractivity contribution >= 4 is 40.8 Å². The largest absolute Gasteiger partial charge is 0.344 e. The van der Waals surface area contributed by atoms with Crippen LogP contribution in [0.25, 0.3) is 0 Å². The second-order valence-electron chi connectivity index (χ2n) is 8.37.